The summed E-state index contributed by atoms with van der Waals surface area (Å²) in [7, 11) is 0. The van der Waals surface area contributed by atoms with Crippen LogP contribution >= 0.6 is 0 Å². The van der Waals surface area contributed by atoms with Gasteiger partial charge < -0.3 is 10.6 Å². The summed E-state index contributed by atoms with van der Waals surface area (Å²) in [6, 6.07) is 7.94. The highest BCUT2D eigenvalue weighted by Crippen LogP contribution is 2.07. The Labute approximate surface area is 148 Å². The minimum absolute atomic E-state index is 0.232. The molecular weight excluding hydrogens is 319 g/mol. The second-order valence-corrected chi connectivity index (χ2v) is 5.98. The van der Waals surface area contributed by atoms with Gasteiger partial charge in [0.15, 0.2) is 0 Å². The third-order valence-corrected chi connectivity index (χ3v) is 3.76. The van der Waals surface area contributed by atoms with Gasteiger partial charge in [-0.1, -0.05) is 31.9 Å². The van der Waals surface area contributed by atoms with Crippen molar-refractivity contribution in [3.63, 3.8) is 0 Å². The van der Waals surface area contributed by atoms with Crippen molar-refractivity contribution in [3.8, 4) is 0 Å². The van der Waals surface area contributed by atoms with Crippen LogP contribution in [0.5, 0.6) is 0 Å². The van der Waals surface area contributed by atoms with E-state index < -0.39 is 0 Å². The molecule has 2 aromatic rings. The molecular formula is C19H25FN4O. The Bertz CT molecular complexity index is 688. The van der Waals surface area contributed by atoms with Crippen molar-refractivity contribution >= 4 is 11.9 Å². The van der Waals surface area contributed by atoms with Crippen LogP contribution in [0.25, 0.3) is 0 Å². The molecule has 1 aromatic carbocycles. The molecule has 0 saturated carbocycles. The van der Waals surface area contributed by atoms with Crippen LogP contribution in [0.3, 0.4) is 0 Å². The molecule has 0 saturated heterocycles. The highest BCUT2D eigenvalue weighted by molar-refractivity contribution is 5.92. The van der Waals surface area contributed by atoms with E-state index in [1.165, 1.54) is 12.1 Å². The van der Waals surface area contributed by atoms with Gasteiger partial charge in [0, 0.05) is 18.8 Å². The van der Waals surface area contributed by atoms with Crippen molar-refractivity contribution in [2.24, 2.45) is 0 Å². The number of unbranched alkanes of at least 4 members (excludes halogenated alkanes) is 2. The molecule has 1 amide bonds. The first-order chi connectivity index (χ1) is 12.1. The normalized spacial score (nSPS) is 10.5. The van der Waals surface area contributed by atoms with E-state index in [-0.39, 0.29) is 11.7 Å². The molecule has 0 aliphatic carbocycles. The van der Waals surface area contributed by atoms with Crippen molar-refractivity contribution in [3.05, 3.63) is 53.1 Å². The molecule has 0 fully saturated rings. The SMILES string of the molecule is CCCCCNc1nc(C)cc(C(=O)NCCc2ccc(F)cc2)n1. The number of aryl methyl sites for hydroxylation is 1. The lowest BCUT2D eigenvalue weighted by atomic mass is 10.1. The summed E-state index contributed by atoms with van der Waals surface area (Å²) in [4.78, 5) is 20.9. The highest BCUT2D eigenvalue weighted by atomic mass is 19.1. The molecule has 0 unspecified atom stereocenters. The minimum Gasteiger partial charge on any atom is -0.354 e. The second kappa shape index (κ2) is 9.71. The molecule has 0 radical (unpaired) electrons. The summed E-state index contributed by atoms with van der Waals surface area (Å²) < 4.78 is 12.9. The number of carbonyl (C=O) groups is 1. The fourth-order valence-electron chi connectivity index (χ4n) is 2.40. The zero-order valence-corrected chi connectivity index (χ0v) is 14.8. The van der Waals surface area contributed by atoms with Crippen molar-refractivity contribution < 1.29 is 9.18 Å². The van der Waals surface area contributed by atoms with Gasteiger partial charge in [-0.15, -0.1) is 0 Å². The van der Waals surface area contributed by atoms with E-state index in [2.05, 4.69) is 27.5 Å². The Kier molecular flexibility index (Phi) is 7.32. The fourth-order valence-corrected chi connectivity index (χ4v) is 2.40. The molecule has 2 N–H and O–H groups in total. The number of benzene rings is 1. The number of halogens is 1. The van der Waals surface area contributed by atoms with Gasteiger partial charge in [0.2, 0.25) is 5.95 Å². The van der Waals surface area contributed by atoms with E-state index in [1.54, 1.807) is 18.2 Å². The zero-order valence-electron chi connectivity index (χ0n) is 14.8. The number of rotatable bonds is 9. The van der Waals surface area contributed by atoms with E-state index in [0.29, 0.717) is 24.6 Å². The van der Waals surface area contributed by atoms with Crippen LogP contribution in [0.4, 0.5) is 10.3 Å². The van der Waals surface area contributed by atoms with E-state index >= 15 is 0 Å². The van der Waals surface area contributed by atoms with Crippen LogP contribution in [0.2, 0.25) is 0 Å². The maximum absolute atomic E-state index is 12.9. The van der Waals surface area contributed by atoms with Gasteiger partial charge in [0.25, 0.3) is 5.91 Å². The predicted molar refractivity (Wildman–Crippen MR) is 97.2 cm³/mol. The van der Waals surface area contributed by atoms with Gasteiger partial charge >= 0.3 is 0 Å². The van der Waals surface area contributed by atoms with Gasteiger partial charge in [-0.3, -0.25) is 4.79 Å². The van der Waals surface area contributed by atoms with Crippen molar-refractivity contribution in [1.82, 2.24) is 15.3 Å². The monoisotopic (exact) mass is 344 g/mol. The first-order valence-electron chi connectivity index (χ1n) is 8.70. The van der Waals surface area contributed by atoms with E-state index in [9.17, 15) is 9.18 Å². The van der Waals surface area contributed by atoms with Crippen LogP contribution in [-0.4, -0.2) is 29.0 Å². The molecule has 1 aromatic heterocycles. The first-order valence-corrected chi connectivity index (χ1v) is 8.70. The topological polar surface area (TPSA) is 66.9 Å². The van der Waals surface area contributed by atoms with Gasteiger partial charge in [0.1, 0.15) is 11.5 Å². The van der Waals surface area contributed by atoms with E-state index in [4.69, 9.17) is 0 Å². The minimum atomic E-state index is -0.261. The molecule has 134 valence electrons. The predicted octanol–water partition coefficient (Wildman–Crippen LogP) is 3.50. The van der Waals surface area contributed by atoms with E-state index in [0.717, 1.165) is 37.1 Å². The Morgan fingerprint density at radius 2 is 1.88 bits per heavy atom. The van der Waals surface area contributed by atoms with E-state index in [1.807, 2.05) is 6.92 Å². The quantitative estimate of drug-likeness (QED) is 0.683. The number of nitrogens with zero attached hydrogens (tertiary/aromatic N) is 2. The molecule has 5 nitrogen and oxygen atoms in total. The Morgan fingerprint density at radius 1 is 1.12 bits per heavy atom. The maximum Gasteiger partial charge on any atom is 0.270 e. The lowest BCUT2D eigenvalue weighted by Gasteiger charge is -2.09. The molecule has 0 atom stereocenters. The lowest BCUT2D eigenvalue weighted by molar-refractivity contribution is 0.0949. The summed E-state index contributed by atoms with van der Waals surface area (Å²) in [6.07, 6.45) is 3.98. The largest absolute Gasteiger partial charge is 0.354 e. The summed E-state index contributed by atoms with van der Waals surface area (Å²) >= 11 is 0. The number of aromatic nitrogens is 2. The number of anilines is 1. The molecule has 0 spiro atoms. The average Bonchev–Trinajstić information content (AvgIpc) is 2.60. The van der Waals surface area contributed by atoms with Crippen LogP contribution in [0.15, 0.2) is 30.3 Å². The first kappa shape index (κ1) is 18.8. The number of nitrogens with one attached hydrogen (secondary N) is 2. The van der Waals surface area contributed by atoms with Gasteiger partial charge in [-0.25, -0.2) is 14.4 Å². The standard InChI is InChI=1S/C19H25FN4O/c1-3-4-5-11-22-19-23-14(2)13-17(24-19)18(25)21-12-10-15-6-8-16(20)9-7-15/h6-9,13H,3-5,10-12H2,1-2H3,(H,21,25)(H,22,23,24). The molecule has 0 aliphatic heterocycles. The van der Waals surface area contributed by atoms with Crippen LogP contribution in [0.1, 0.15) is 47.9 Å². The van der Waals surface area contributed by atoms with Gasteiger partial charge in [0.05, 0.1) is 0 Å². The maximum atomic E-state index is 12.9. The summed E-state index contributed by atoms with van der Waals surface area (Å²) in [5, 5.41) is 6.01. The number of hydrogen-bond donors (Lipinski definition) is 2. The Morgan fingerprint density at radius 3 is 2.60 bits per heavy atom. The van der Waals surface area contributed by atoms with Crippen LogP contribution in [0, 0.1) is 12.7 Å². The average molecular weight is 344 g/mol. The molecule has 0 bridgehead atoms. The third kappa shape index (κ3) is 6.49. The third-order valence-electron chi connectivity index (χ3n) is 3.76. The molecule has 0 aliphatic rings. The van der Waals surface area contributed by atoms with Crippen molar-refractivity contribution in [1.29, 1.82) is 0 Å². The van der Waals surface area contributed by atoms with Gasteiger partial charge in [-0.2, -0.15) is 0 Å². The number of carbonyl (C=O) groups excluding carboxylic acids is 1. The summed E-state index contributed by atoms with van der Waals surface area (Å²) in [6.45, 7) is 5.25. The lowest BCUT2D eigenvalue weighted by Crippen LogP contribution is -2.27. The smallest absolute Gasteiger partial charge is 0.270 e. The zero-order chi connectivity index (χ0) is 18.1. The van der Waals surface area contributed by atoms with Gasteiger partial charge in [-0.05, 0) is 43.5 Å². The molecule has 2 rings (SSSR count). The Hall–Kier alpha value is -2.50. The van der Waals surface area contributed by atoms with Crippen molar-refractivity contribution in [2.75, 3.05) is 18.4 Å². The molecule has 1 heterocycles. The number of hydrogen-bond acceptors (Lipinski definition) is 4. The highest BCUT2D eigenvalue weighted by Gasteiger charge is 2.10. The summed E-state index contributed by atoms with van der Waals surface area (Å²) in [5.74, 6) is -0.00720. The molecule has 6 heteroatoms. The van der Waals surface area contributed by atoms with Crippen LogP contribution in [-0.2, 0) is 6.42 Å². The Balaban J connectivity index is 1.87. The number of amides is 1. The van der Waals surface area contributed by atoms with Crippen molar-refractivity contribution in [2.45, 2.75) is 39.5 Å². The fraction of sp³-hybridized carbons (Fsp3) is 0.421. The second-order valence-electron chi connectivity index (χ2n) is 5.98. The summed E-state index contributed by atoms with van der Waals surface area (Å²) in [5.41, 5.74) is 2.07. The molecule has 25 heavy (non-hydrogen) atoms. The van der Waals surface area contributed by atoms with Crippen LogP contribution < -0.4 is 10.6 Å².